The molecule has 0 spiro atoms. The Bertz CT molecular complexity index is 291. The number of hydrogen-bond acceptors (Lipinski definition) is 5. The molecule has 0 saturated carbocycles. The lowest BCUT2D eigenvalue weighted by molar-refractivity contribution is -0.116. The smallest absolute Gasteiger partial charge is 0.226 e. The van der Waals surface area contributed by atoms with Gasteiger partial charge in [0.2, 0.25) is 11.0 Å². The molecule has 0 aliphatic heterocycles. The van der Waals surface area contributed by atoms with Crippen LogP contribution in [0.4, 0.5) is 5.13 Å². The fourth-order valence-corrected chi connectivity index (χ4v) is 1.40. The Morgan fingerprint density at radius 2 is 2.29 bits per heavy atom. The summed E-state index contributed by atoms with van der Waals surface area (Å²) in [6, 6.07) is 0. The van der Waals surface area contributed by atoms with Crippen molar-refractivity contribution in [2.24, 2.45) is 5.73 Å². The first kappa shape index (κ1) is 13.3. The van der Waals surface area contributed by atoms with Crippen molar-refractivity contribution in [1.29, 1.82) is 0 Å². The third-order valence-electron chi connectivity index (χ3n) is 1.38. The molecule has 0 atom stereocenters. The molecule has 0 unspecified atom stereocenters. The topological polar surface area (TPSA) is 80.9 Å². The van der Waals surface area contributed by atoms with Crippen LogP contribution in [0.2, 0.25) is 0 Å². The summed E-state index contributed by atoms with van der Waals surface area (Å²) in [4.78, 5) is 11.2. The van der Waals surface area contributed by atoms with Crippen LogP contribution >= 0.6 is 23.7 Å². The highest BCUT2D eigenvalue weighted by molar-refractivity contribution is 7.15. The Kier molecular flexibility index (Phi) is 6.35. The van der Waals surface area contributed by atoms with Gasteiger partial charge >= 0.3 is 0 Å². The van der Waals surface area contributed by atoms with Gasteiger partial charge in [-0.25, -0.2) is 0 Å². The van der Waals surface area contributed by atoms with Crippen molar-refractivity contribution in [3.63, 3.8) is 0 Å². The van der Waals surface area contributed by atoms with Crippen LogP contribution < -0.4 is 11.1 Å². The summed E-state index contributed by atoms with van der Waals surface area (Å²) >= 11 is 1.36. The zero-order chi connectivity index (χ0) is 9.68. The van der Waals surface area contributed by atoms with Crippen molar-refractivity contribution < 1.29 is 4.79 Å². The van der Waals surface area contributed by atoms with E-state index in [4.69, 9.17) is 5.73 Å². The minimum atomic E-state index is -0.0541. The first-order valence-corrected chi connectivity index (χ1v) is 4.84. The highest BCUT2D eigenvalue weighted by atomic mass is 35.5. The molecule has 1 heterocycles. The molecule has 5 nitrogen and oxygen atoms in total. The zero-order valence-corrected chi connectivity index (χ0v) is 9.45. The number of amides is 1. The summed E-state index contributed by atoms with van der Waals surface area (Å²) in [5.74, 6) is -0.0541. The number of nitrogens with zero attached hydrogens (tertiary/aromatic N) is 2. The number of anilines is 1. The Labute approximate surface area is 92.5 Å². The maximum Gasteiger partial charge on any atom is 0.226 e. The molecule has 0 radical (unpaired) electrons. The third-order valence-corrected chi connectivity index (χ3v) is 2.13. The standard InChI is InChI=1S/C7H12N4OS.ClH/c1-5-10-11-7(13-5)9-6(12)3-2-4-8;/h2-4,8H2,1H3,(H,9,11,12);1H. The second-order valence-corrected chi connectivity index (χ2v) is 3.75. The molecule has 1 amide bonds. The summed E-state index contributed by atoms with van der Waals surface area (Å²) in [5.41, 5.74) is 5.27. The van der Waals surface area contributed by atoms with E-state index in [1.54, 1.807) is 0 Å². The van der Waals surface area contributed by atoms with Gasteiger partial charge in [0.25, 0.3) is 0 Å². The molecule has 0 aliphatic rings. The van der Waals surface area contributed by atoms with E-state index < -0.39 is 0 Å². The number of aryl methyl sites for hydroxylation is 1. The summed E-state index contributed by atoms with van der Waals surface area (Å²) in [6.45, 7) is 2.37. The maximum absolute atomic E-state index is 11.2. The first-order valence-electron chi connectivity index (χ1n) is 4.02. The molecule has 0 aliphatic carbocycles. The fraction of sp³-hybridized carbons (Fsp3) is 0.571. The van der Waals surface area contributed by atoms with Gasteiger partial charge in [-0.15, -0.1) is 22.6 Å². The molecular weight excluding hydrogens is 224 g/mol. The summed E-state index contributed by atoms with van der Waals surface area (Å²) in [7, 11) is 0. The highest BCUT2D eigenvalue weighted by Gasteiger charge is 2.04. The number of aromatic nitrogens is 2. The van der Waals surface area contributed by atoms with E-state index in [2.05, 4.69) is 15.5 Å². The average Bonchev–Trinajstić information content (AvgIpc) is 2.48. The van der Waals surface area contributed by atoms with Crippen LogP contribution in [0.1, 0.15) is 17.8 Å². The van der Waals surface area contributed by atoms with E-state index in [0.29, 0.717) is 24.5 Å². The monoisotopic (exact) mass is 236 g/mol. The Balaban J connectivity index is 0.00000169. The largest absolute Gasteiger partial charge is 0.330 e. The summed E-state index contributed by atoms with van der Waals surface area (Å²) < 4.78 is 0. The minimum absolute atomic E-state index is 0. The van der Waals surface area contributed by atoms with Gasteiger partial charge in [0.1, 0.15) is 5.01 Å². The van der Waals surface area contributed by atoms with Crippen LogP contribution in [0.25, 0.3) is 0 Å². The van der Waals surface area contributed by atoms with Crippen molar-refractivity contribution in [1.82, 2.24) is 10.2 Å². The molecule has 80 valence electrons. The highest BCUT2D eigenvalue weighted by Crippen LogP contribution is 2.13. The van der Waals surface area contributed by atoms with Gasteiger partial charge < -0.3 is 11.1 Å². The quantitative estimate of drug-likeness (QED) is 0.816. The molecule has 14 heavy (non-hydrogen) atoms. The molecule has 0 fully saturated rings. The Morgan fingerprint density at radius 3 is 2.79 bits per heavy atom. The summed E-state index contributed by atoms with van der Waals surface area (Å²) in [5, 5.41) is 11.6. The van der Waals surface area contributed by atoms with Gasteiger partial charge in [0.15, 0.2) is 0 Å². The number of hydrogen-bond donors (Lipinski definition) is 2. The van der Waals surface area contributed by atoms with E-state index in [-0.39, 0.29) is 18.3 Å². The van der Waals surface area contributed by atoms with Gasteiger partial charge in [-0.3, -0.25) is 4.79 Å². The number of carbonyl (C=O) groups is 1. The van der Waals surface area contributed by atoms with Gasteiger partial charge in [-0.1, -0.05) is 11.3 Å². The number of halogens is 1. The number of rotatable bonds is 4. The van der Waals surface area contributed by atoms with Crippen molar-refractivity contribution in [2.45, 2.75) is 19.8 Å². The zero-order valence-electron chi connectivity index (χ0n) is 7.82. The van der Waals surface area contributed by atoms with E-state index in [0.717, 1.165) is 5.01 Å². The Hall–Kier alpha value is -0.720. The van der Waals surface area contributed by atoms with Gasteiger partial charge in [-0.2, -0.15) is 0 Å². The van der Waals surface area contributed by atoms with Crippen LogP contribution in [0.3, 0.4) is 0 Å². The van der Waals surface area contributed by atoms with Crippen molar-refractivity contribution >= 4 is 34.8 Å². The molecule has 1 aromatic heterocycles. The third kappa shape index (κ3) is 4.50. The molecule has 0 saturated heterocycles. The average molecular weight is 237 g/mol. The molecule has 3 N–H and O–H groups in total. The van der Waals surface area contributed by atoms with Crippen LogP contribution in [0, 0.1) is 6.92 Å². The molecule has 0 bridgehead atoms. The van der Waals surface area contributed by atoms with Gasteiger partial charge in [0, 0.05) is 6.42 Å². The lowest BCUT2D eigenvalue weighted by Gasteiger charge is -1.98. The molecule has 0 aromatic carbocycles. The molecule has 7 heteroatoms. The van der Waals surface area contributed by atoms with E-state index >= 15 is 0 Å². The normalized spacial score (nSPS) is 9.29. The molecule has 1 aromatic rings. The van der Waals surface area contributed by atoms with Crippen molar-refractivity contribution in [3.05, 3.63) is 5.01 Å². The SMILES string of the molecule is Cc1nnc(NC(=O)CCCN)s1.Cl. The van der Waals surface area contributed by atoms with E-state index in [1.165, 1.54) is 11.3 Å². The second-order valence-electron chi connectivity index (χ2n) is 2.57. The number of nitrogens with two attached hydrogens (primary N) is 1. The first-order chi connectivity index (χ1) is 6.22. The lowest BCUT2D eigenvalue weighted by Crippen LogP contribution is -2.13. The van der Waals surface area contributed by atoms with Gasteiger partial charge in [0.05, 0.1) is 0 Å². The van der Waals surface area contributed by atoms with Crippen LogP contribution in [-0.4, -0.2) is 22.6 Å². The Morgan fingerprint density at radius 1 is 1.57 bits per heavy atom. The van der Waals surface area contributed by atoms with Crippen LogP contribution in [0.5, 0.6) is 0 Å². The summed E-state index contributed by atoms with van der Waals surface area (Å²) in [6.07, 6.45) is 1.14. The minimum Gasteiger partial charge on any atom is -0.330 e. The maximum atomic E-state index is 11.2. The molecule has 1 rings (SSSR count). The number of carbonyl (C=O) groups excluding carboxylic acids is 1. The molecular formula is C7H13ClN4OS. The van der Waals surface area contributed by atoms with Crippen LogP contribution in [0.15, 0.2) is 0 Å². The predicted octanol–water partition coefficient (Wildman–Crippen LogP) is 0.946. The fourth-order valence-electron chi connectivity index (χ4n) is 0.791. The van der Waals surface area contributed by atoms with E-state index in [9.17, 15) is 4.79 Å². The number of nitrogens with one attached hydrogen (secondary N) is 1. The van der Waals surface area contributed by atoms with E-state index in [1.807, 2.05) is 6.92 Å². The lowest BCUT2D eigenvalue weighted by atomic mass is 10.3. The predicted molar refractivity (Wildman–Crippen MR) is 58.8 cm³/mol. The second kappa shape index (κ2) is 6.69. The van der Waals surface area contributed by atoms with Crippen LogP contribution in [-0.2, 0) is 4.79 Å². The van der Waals surface area contributed by atoms with Gasteiger partial charge in [-0.05, 0) is 19.9 Å². The van der Waals surface area contributed by atoms with Crippen molar-refractivity contribution in [2.75, 3.05) is 11.9 Å². The van der Waals surface area contributed by atoms with Crippen molar-refractivity contribution in [3.8, 4) is 0 Å².